The fourth-order valence-corrected chi connectivity index (χ4v) is 4.12. The average Bonchev–Trinajstić information content (AvgIpc) is 2.67. The van der Waals surface area contributed by atoms with Crippen molar-refractivity contribution in [3.63, 3.8) is 0 Å². The van der Waals surface area contributed by atoms with E-state index in [2.05, 4.69) is 19.2 Å². The molecule has 1 aromatic carbocycles. The number of carbonyl (C=O) groups excluding carboxylic acids is 1. The molecule has 7 heteroatoms. The normalized spacial score (nSPS) is 16.0. The van der Waals surface area contributed by atoms with Crippen molar-refractivity contribution in [2.24, 2.45) is 0 Å². The summed E-state index contributed by atoms with van der Waals surface area (Å²) in [6.07, 6.45) is 2.10. The first-order valence-corrected chi connectivity index (χ1v) is 10.1. The number of benzene rings is 1. The number of aromatic hydroxyl groups is 1. The highest BCUT2D eigenvalue weighted by atomic mass is 19.1. The molecular formula is C21H29FN3O3+. The highest BCUT2D eigenvalue weighted by molar-refractivity contribution is 6.03. The van der Waals surface area contributed by atoms with Crippen LogP contribution in [0.15, 0.2) is 16.9 Å². The third-order valence-electron chi connectivity index (χ3n) is 5.81. The number of rotatable bonds is 7. The molecule has 28 heavy (non-hydrogen) atoms. The van der Waals surface area contributed by atoms with E-state index in [1.54, 1.807) is 0 Å². The van der Waals surface area contributed by atoms with Crippen molar-refractivity contribution in [2.75, 3.05) is 26.2 Å². The average molecular weight is 390 g/mol. The maximum absolute atomic E-state index is 14.0. The van der Waals surface area contributed by atoms with Gasteiger partial charge in [-0.25, -0.2) is 4.39 Å². The van der Waals surface area contributed by atoms with Crippen molar-refractivity contribution in [1.29, 1.82) is 0 Å². The second-order valence-corrected chi connectivity index (χ2v) is 7.56. The maximum Gasteiger partial charge on any atom is 0.267 e. The first-order chi connectivity index (χ1) is 13.4. The summed E-state index contributed by atoms with van der Waals surface area (Å²) in [5.74, 6) is -1.52. The summed E-state index contributed by atoms with van der Waals surface area (Å²) in [5, 5.41) is 13.6. The number of nitrogens with one attached hydrogen (secondary N) is 2. The zero-order valence-corrected chi connectivity index (χ0v) is 16.8. The SMILES string of the molecule is CC[NH+](CC)CCCNC(=O)c1c(O)c2cc(F)cc3c2n(c1=O)[C@H](C)CC3. The Morgan fingerprint density at radius 1 is 1.36 bits per heavy atom. The smallest absolute Gasteiger partial charge is 0.267 e. The van der Waals surface area contributed by atoms with Gasteiger partial charge in [-0.2, -0.15) is 0 Å². The number of aryl methyl sites for hydroxylation is 1. The summed E-state index contributed by atoms with van der Waals surface area (Å²) in [4.78, 5) is 27.2. The van der Waals surface area contributed by atoms with Gasteiger partial charge >= 0.3 is 0 Å². The third-order valence-corrected chi connectivity index (χ3v) is 5.81. The predicted octanol–water partition coefficient (Wildman–Crippen LogP) is 1.40. The van der Waals surface area contributed by atoms with Crippen LogP contribution >= 0.6 is 0 Å². The monoisotopic (exact) mass is 390 g/mol. The molecule has 1 aliphatic heterocycles. The van der Waals surface area contributed by atoms with Crippen LogP contribution in [0.1, 0.15) is 55.6 Å². The van der Waals surface area contributed by atoms with Crippen LogP contribution in [0.25, 0.3) is 10.9 Å². The Bertz CT molecular complexity index is 950. The molecule has 0 fully saturated rings. The van der Waals surface area contributed by atoms with Gasteiger partial charge < -0.3 is 19.9 Å². The Labute approximate surface area is 164 Å². The molecule has 0 saturated heterocycles. The fraction of sp³-hybridized carbons (Fsp3) is 0.524. The van der Waals surface area contributed by atoms with E-state index >= 15 is 0 Å². The standard InChI is InChI=1S/C21H28FN3O3/c1-4-24(5-2)10-6-9-23-20(27)17-19(26)16-12-15(22)11-14-8-7-13(3)25(18(14)16)21(17)28/h11-13,26H,4-10H2,1-3H3,(H,23,27)/p+1/t13-/m1/s1. The highest BCUT2D eigenvalue weighted by Crippen LogP contribution is 2.35. The molecule has 2 aromatic rings. The molecule has 1 atom stereocenters. The third kappa shape index (κ3) is 3.63. The summed E-state index contributed by atoms with van der Waals surface area (Å²) < 4.78 is 15.6. The van der Waals surface area contributed by atoms with Crippen LogP contribution in [0.3, 0.4) is 0 Å². The molecule has 0 bridgehead atoms. The van der Waals surface area contributed by atoms with Crippen molar-refractivity contribution in [1.82, 2.24) is 9.88 Å². The van der Waals surface area contributed by atoms with E-state index in [9.17, 15) is 19.1 Å². The number of aromatic nitrogens is 1. The summed E-state index contributed by atoms with van der Waals surface area (Å²) in [5.41, 5.74) is 0.406. The molecule has 3 rings (SSSR count). The predicted molar refractivity (Wildman–Crippen MR) is 107 cm³/mol. The number of pyridine rings is 1. The molecule has 152 valence electrons. The van der Waals surface area contributed by atoms with Gasteiger partial charge in [-0.15, -0.1) is 0 Å². The molecule has 1 aromatic heterocycles. The van der Waals surface area contributed by atoms with Crippen LogP contribution in [0.4, 0.5) is 4.39 Å². The molecule has 6 nitrogen and oxygen atoms in total. The van der Waals surface area contributed by atoms with Crippen LogP contribution in [0, 0.1) is 5.82 Å². The second-order valence-electron chi connectivity index (χ2n) is 7.56. The first kappa shape index (κ1) is 20.3. The Morgan fingerprint density at radius 3 is 2.75 bits per heavy atom. The van der Waals surface area contributed by atoms with Crippen molar-refractivity contribution >= 4 is 16.8 Å². The minimum atomic E-state index is -0.605. The van der Waals surface area contributed by atoms with Gasteiger partial charge in [-0.1, -0.05) is 0 Å². The number of hydrogen-bond donors (Lipinski definition) is 3. The van der Waals surface area contributed by atoms with Gasteiger partial charge in [0.15, 0.2) is 0 Å². The number of halogens is 1. The molecule has 0 unspecified atom stereocenters. The molecule has 0 saturated carbocycles. The second kappa shape index (κ2) is 8.31. The Kier molecular flexibility index (Phi) is 6.03. The van der Waals surface area contributed by atoms with E-state index in [4.69, 9.17) is 0 Å². The lowest BCUT2D eigenvalue weighted by Gasteiger charge is -2.26. The van der Waals surface area contributed by atoms with Crippen LogP contribution in [0.2, 0.25) is 0 Å². The number of nitrogens with zero attached hydrogens (tertiary/aromatic N) is 1. The van der Waals surface area contributed by atoms with Gasteiger partial charge in [0.2, 0.25) is 0 Å². The van der Waals surface area contributed by atoms with Gasteiger partial charge in [0, 0.05) is 24.4 Å². The lowest BCUT2D eigenvalue weighted by molar-refractivity contribution is -0.896. The number of quaternary nitrogens is 1. The van der Waals surface area contributed by atoms with E-state index in [1.165, 1.54) is 21.6 Å². The molecule has 3 N–H and O–H groups in total. The number of amides is 1. The lowest BCUT2D eigenvalue weighted by atomic mass is 9.95. The summed E-state index contributed by atoms with van der Waals surface area (Å²) in [6, 6.07) is 2.48. The summed E-state index contributed by atoms with van der Waals surface area (Å²) in [6.45, 7) is 9.52. The Hall–Kier alpha value is -2.41. The summed E-state index contributed by atoms with van der Waals surface area (Å²) >= 11 is 0. The van der Waals surface area contributed by atoms with E-state index < -0.39 is 23.0 Å². The fourth-order valence-electron chi connectivity index (χ4n) is 4.12. The van der Waals surface area contributed by atoms with Gasteiger partial charge in [0.25, 0.3) is 11.5 Å². The van der Waals surface area contributed by atoms with Gasteiger partial charge in [-0.3, -0.25) is 9.59 Å². The van der Waals surface area contributed by atoms with Gasteiger partial charge in [0.05, 0.1) is 25.2 Å². The van der Waals surface area contributed by atoms with Crippen LogP contribution in [0.5, 0.6) is 5.75 Å². The van der Waals surface area contributed by atoms with Crippen molar-refractivity contribution < 1.29 is 19.2 Å². The van der Waals surface area contributed by atoms with E-state index in [1.807, 2.05) is 6.92 Å². The first-order valence-electron chi connectivity index (χ1n) is 10.1. The molecule has 1 aliphatic rings. The topological polar surface area (TPSA) is 75.8 Å². The van der Waals surface area contributed by atoms with Crippen LogP contribution in [-0.4, -0.2) is 41.8 Å². The van der Waals surface area contributed by atoms with Crippen LogP contribution in [-0.2, 0) is 6.42 Å². The largest absolute Gasteiger partial charge is 0.506 e. The highest BCUT2D eigenvalue weighted by Gasteiger charge is 2.28. The van der Waals surface area contributed by atoms with Crippen molar-refractivity contribution in [3.8, 4) is 5.75 Å². The van der Waals surface area contributed by atoms with Gasteiger partial charge in [-0.05, 0) is 51.3 Å². The summed E-state index contributed by atoms with van der Waals surface area (Å²) in [7, 11) is 0. The molecule has 0 spiro atoms. The van der Waals surface area contributed by atoms with Crippen molar-refractivity contribution in [2.45, 2.75) is 46.1 Å². The molecule has 1 amide bonds. The minimum absolute atomic E-state index is 0.119. The quantitative estimate of drug-likeness (QED) is 0.626. The number of hydrogen-bond acceptors (Lipinski definition) is 3. The zero-order chi connectivity index (χ0) is 20.4. The molecule has 0 radical (unpaired) electrons. The lowest BCUT2D eigenvalue weighted by Crippen LogP contribution is -3.11. The molecular weight excluding hydrogens is 361 g/mol. The molecule has 2 heterocycles. The van der Waals surface area contributed by atoms with Crippen molar-refractivity contribution in [3.05, 3.63) is 39.4 Å². The van der Waals surface area contributed by atoms with Crippen LogP contribution < -0.4 is 15.8 Å². The minimum Gasteiger partial charge on any atom is -0.506 e. The van der Waals surface area contributed by atoms with E-state index in [0.717, 1.165) is 26.1 Å². The Balaban J connectivity index is 1.94. The zero-order valence-electron chi connectivity index (χ0n) is 16.8. The Morgan fingerprint density at radius 2 is 2.07 bits per heavy atom. The van der Waals surface area contributed by atoms with E-state index in [0.29, 0.717) is 30.5 Å². The molecule has 0 aliphatic carbocycles. The van der Waals surface area contributed by atoms with Gasteiger partial charge in [0.1, 0.15) is 17.1 Å². The number of carbonyl (C=O) groups is 1. The van der Waals surface area contributed by atoms with E-state index in [-0.39, 0.29) is 17.0 Å². The maximum atomic E-state index is 14.0.